The molecule has 0 unspecified atom stereocenters. The number of nitrogen functional groups attached to an aromatic ring is 1. The van der Waals surface area contributed by atoms with Crippen LogP contribution in [-0.2, 0) is 6.42 Å². The molecule has 2 aromatic rings. The SMILES string of the molecule is CN(CCc1cccs1)C(=O)c1cncc(N)n1. The first kappa shape index (κ1) is 12.5. The number of anilines is 1. The zero-order valence-electron chi connectivity index (χ0n) is 10.0. The molecule has 0 saturated heterocycles. The highest BCUT2D eigenvalue weighted by Crippen LogP contribution is 2.10. The number of carbonyl (C=O) groups is 1. The van der Waals surface area contributed by atoms with E-state index in [9.17, 15) is 4.79 Å². The summed E-state index contributed by atoms with van der Waals surface area (Å²) >= 11 is 1.69. The summed E-state index contributed by atoms with van der Waals surface area (Å²) in [6.45, 7) is 0.649. The second kappa shape index (κ2) is 5.59. The summed E-state index contributed by atoms with van der Waals surface area (Å²) in [5.74, 6) is 0.0962. The first-order valence-electron chi connectivity index (χ1n) is 5.52. The van der Waals surface area contributed by atoms with Gasteiger partial charge in [-0.05, 0) is 17.9 Å². The summed E-state index contributed by atoms with van der Waals surface area (Å²) in [6.07, 6.45) is 3.69. The fourth-order valence-electron chi connectivity index (χ4n) is 1.51. The van der Waals surface area contributed by atoms with Crippen molar-refractivity contribution in [1.82, 2.24) is 14.9 Å². The summed E-state index contributed by atoms with van der Waals surface area (Å²) in [4.78, 5) is 22.7. The Morgan fingerprint density at radius 1 is 1.50 bits per heavy atom. The Hall–Kier alpha value is -1.95. The number of thiophene rings is 1. The average molecular weight is 262 g/mol. The third kappa shape index (κ3) is 3.04. The number of amides is 1. The van der Waals surface area contributed by atoms with E-state index in [0.717, 1.165) is 6.42 Å². The lowest BCUT2D eigenvalue weighted by atomic mass is 10.3. The molecule has 2 N–H and O–H groups in total. The second-order valence-electron chi connectivity index (χ2n) is 3.89. The number of hydrogen-bond acceptors (Lipinski definition) is 5. The van der Waals surface area contributed by atoms with Crippen LogP contribution in [0, 0.1) is 0 Å². The van der Waals surface area contributed by atoms with Crippen molar-refractivity contribution in [3.05, 3.63) is 40.5 Å². The van der Waals surface area contributed by atoms with Crippen molar-refractivity contribution in [2.45, 2.75) is 6.42 Å². The molecule has 2 aromatic heterocycles. The number of aromatic nitrogens is 2. The highest BCUT2D eigenvalue weighted by molar-refractivity contribution is 7.09. The van der Waals surface area contributed by atoms with Gasteiger partial charge in [0, 0.05) is 18.5 Å². The van der Waals surface area contributed by atoms with Crippen molar-refractivity contribution in [3.63, 3.8) is 0 Å². The van der Waals surface area contributed by atoms with E-state index in [4.69, 9.17) is 5.73 Å². The van der Waals surface area contributed by atoms with Gasteiger partial charge in [0.15, 0.2) is 0 Å². The zero-order chi connectivity index (χ0) is 13.0. The Bertz CT molecular complexity index is 527. The third-order valence-electron chi connectivity index (χ3n) is 2.49. The van der Waals surface area contributed by atoms with Gasteiger partial charge in [-0.25, -0.2) is 4.98 Å². The number of nitrogens with two attached hydrogens (primary N) is 1. The molecule has 0 radical (unpaired) electrons. The lowest BCUT2D eigenvalue weighted by Crippen LogP contribution is -2.29. The smallest absolute Gasteiger partial charge is 0.273 e. The molecule has 0 saturated carbocycles. The van der Waals surface area contributed by atoms with E-state index in [1.165, 1.54) is 17.3 Å². The van der Waals surface area contributed by atoms with E-state index in [-0.39, 0.29) is 17.4 Å². The quantitative estimate of drug-likeness (QED) is 0.904. The van der Waals surface area contributed by atoms with Crippen LogP contribution in [0.1, 0.15) is 15.4 Å². The molecule has 94 valence electrons. The van der Waals surface area contributed by atoms with Crippen LogP contribution in [0.5, 0.6) is 0 Å². The van der Waals surface area contributed by atoms with Crippen molar-refractivity contribution in [2.24, 2.45) is 0 Å². The molecule has 6 heteroatoms. The highest BCUT2D eigenvalue weighted by Gasteiger charge is 2.13. The molecule has 18 heavy (non-hydrogen) atoms. The minimum Gasteiger partial charge on any atom is -0.382 e. The molecule has 0 bridgehead atoms. The van der Waals surface area contributed by atoms with E-state index in [1.54, 1.807) is 23.3 Å². The maximum atomic E-state index is 12.0. The van der Waals surface area contributed by atoms with Crippen LogP contribution in [0.3, 0.4) is 0 Å². The summed E-state index contributed by atoms with van der Waals surface area (Å²) in [5.41, 5.74) is 5.79. The van der Waals surface area contributed by atoms with Crippen molar-refractivity contribution in [2.75, 3.05) is 19.3 Å². The summed E-state index contributed by atoms with van der Waals surface area (Å²) in [5, 5.41) is 2.03. The number of hydrogen-bond donors (Lipinski definition) is 1. The Balaban J connectivity index is 1.96. The van der Waals surface area contributed by atoms with Gasteiger partial charge >= 0.3 is 0 Å². The van der Waals surface area contributed by atoms with Gasteiger partial charge in [-0.2, -0.15) is 0 Å². The van der Waals surface area contributed by atoms with Crippen LogP contribution >= 0.6 is 11.3 Å². The minimum absolute atomic E-state index is 0.161. The van der Waals surface area contributed by atoms with Gasteiger partial charge in [0.05, 0.1) is 12.4 Å². The number of carbonyl (C=O) groups excluding carboxylic acids is 1. The minimum atomic E-state index is -0.161. The van der Waals surface area contributed by atoms with E-state index in [1.807, 2.05) is 11.4 Å². The molecule has 0 spiro atoms. The van der Waals surface area contributed by atoms with Gasteiger partial charge in [0.1, 0.15) is 11.5 Å². The topological polar surface area (TPSA) is 72.1 Å². The van der Waals surface area contributed by atoms with Gasteiger partial charge in [0.2, 0.25) is 0 Å². The molecule has 0 fully saturated rings. The van der Waals surface area contributed by atoms with Gasteiger partial charge in [-0.15, -0.1) is 11.3 Å². The molecule has 0 aliphatic rings. The first-order valence-corrected chi connectivity index (χ1v) is 6.40. The molecule has 0 atom stereocenters. The second-order valence-corrected chi connectivity index (χ2v) is 4.92. The van der Waals surface area contributed by atoms with Gasteiger partial charge in [-0.3, -0.25) is 9.78 Å². The first-order chi connectivity index (χ1) is 8.66. The molecular formula is C12H14N4OS. The Morgan fingerprint density at radius 3 is 3.00 bits per heavy atom. The predicted octanol–water partition coefficient (Wildman–Crippen LogP) is 1.44. The van der Waals surface area contributed by atoms with Gasteiger partial charge < -0.3 is 10.6 Å². The lowest BCUT2D eigenvalue weighted by molar-refractivity contribution is 0.0791. The Kier molecular flexibility index (Phi) is 3.88. The maximum Gasteiger partial charge on any atom is 0.273 e. The fourth-order valence-corrected chi connectivity index (χ4v) is 2.21. The number of nitrogens with zero attached hydrogens (tertiary/aromatic N) is 3. The van der Waals surface area contributed by atoms with E-state index in [2.05, 4.69) is 16.0 Å². The third-order valence-corrected chi connectivity index (χ3v) is 3.43. The van der Waals surface area contributed by atoms with Crippen molar-refractivity contribution >= 4 is 23.1 Å². The molecule has 1 amide bonds. The monoisotopic (exact) mass is 262 g/mol. The molecule has 2 heterocycles. The van der Waals surface area contributed by atoms with Crippen molar-refractivity contribution in [3.8, 4) is 0 Å². The fraction of sp³-hybridized carbons (Fsp3) is 0.250. The van der Waals surface area contributed by atoms with Crippen LogP contribution < -0.4 is 5.73 Å². The maximum absolute atomic E-state index is 12.0. The Labute approximate surface area is 109 Å². The molecule has 0 aliphatic carbocycles. The van der Waals surface area contributed by atoms with Gasteiger partial charge in [-0.1, -0.05) is 6.07 Å². The van der Waals surface area contributed by atoms with E-state index < -0.39 is 0 Å². The summed E-state index contributed by atoms with van der Waals surface area (Å²) < 4.78 is 0. The van der Waals surface area contributed by atoms with Gasteiger partial charge in [0.25, 0.3) is 5.91 Å². The normalized spacial score (nSPS) is 10.3. The van der Waals surface area contributed by atoms with E-state index >= 15 is 0 Å². The van der Waals surface area contributed by atoms with Crippen LogP contribution in [0.2, 0.25) is 0 Å². The van der Waals surface area contributed by atoms with Crippen molar-refractivity contribution in [1.29, 1.82) is 0 Å². The molecule has 5 nitrogen and oxygen atoms in total. The summed E-state index contributed by atoms with van der Waals surface area (Å²) in [7, 11) is 1.75. The zero-order valence-corrected chi connectivity index (χ0v) is 10.9. The number of likely N-dealkylation sites (N-methyl/N-ethyl adjacent to an activating group) is 1. The standard InChI is InChI=1S/C12H14N4OS/c1-16(5-4-9-3-2-6-18-9)12(17)10-7-14-8-11(13)15-10/h2-3,6-8H,4-5H2,1H3,(H2,13,15). The van der Waals surface area contributed by atoms with Crippen LogP contribution in [0.15, 0.2) is 29.9 Å². The molecule has 0 aliphatic heterocycles. The van der Waals surface area contributed by atoms with Crippen LogP contribution in [0.4, 0.5) is 5.82 Å². The average Bonchev–Trinajstić information content (AvgIpc) is 2.88. The van der Waals surface area contributed by atoms with Crippen LogP contribution in [0.25, 0.3) is 0 Å². The van der Waals surface area contributed by atoms with Crippen molar-refractivity contribution < 1.29 is 4.79 Å². The largest absolute Gasteiger partial charge is 0.382 e. The molecule has 0 aromatic carbocycles. The molecular weight excluding hydrogens is 248 g/mol. The predicted molar refractivity (Wildman–Crippen MR) is 71.4 cm³/mol. The highest BCUT2D eigenvalue weighted by atomic mass is 32.1. The summed E-state index contributed by atoms with van der Waals surface area (Å²) in [6, 6.07) is 4.06. The van der Waals surface area contributed by atoms with Crippen LogP contribution in [-0.4, -0.2) is 34.4 Å². The van der Waals surface area contributed by atoms with E-state index in [0.29, 0.717) is 6.54 Å². The number of rotatable bonds is 4. The molecule has 2 rings (SSSR count). The Morgan fingerprint density at radius 2 is 2.33 bits per heavy atom. The lowest BCUT2D eigenvalue weighted by Gasteiger charge is -2.15.